The van der Waals surface area contributed by atoms with Crippen molar-refractivity contribution in [2.24, 2.45) is 0 Å². The maximum absolute atomic E-state index is 11.9. The van der Waals surface area contributed by atoms with Gasteiger partial charge in [0.15, 0.2) is 9.84 Å². The summed E-state index contributed by atoms with van der Waals surface area (Å²) in [6, 6.07) is 7.89. The Balaban J connectivity index is 2.52. The summed E-state index contributed by atoms with van der Waals surface area (Å²) in [6.07, 6.45) is 0. The lowest BCUT2D eigenvalue weighted by Gasteiger charge is -2.18. The lowest BCUT2D eigenvalue weighted by atomic mass is 10.2. The molecule has 1 aromatic rings. The predicted octanol–water partition coefficient (Wildman–Crippen LogP) is 3.73. The first-order valence-electron chi connectivity index (χ1n) is 5.76. The Morgan fingerprint density at radius 1 is 1.17 bits per heavy atom. The Kier molecular flexibility index (Phi) is 5.56. The van der Waals surface area contributed by atoms with Crippen LogP contribution in [-0.4, -0.2) is 24.7 Å². The smallest absolute Gasteiger partial charge is 0.156 e. The zero-order chi connectivity index (χ0) is 13.8. The Labute approximate surface area is 119 Å². The lowest BCUT2D eigenvalue weighted by Crippen LogP contribution is -2.31. The summed E-state index contributed by atoms with van der Waals surface area (Å²) < 4.78 is 23.2. The van der Waals surface area contributed by atoms with Crippen LogP contribution in [0.1, 0.15) is 26.3 Å². The first-order chi connectivity index (χ1) is 8.26. The molecule has 0 heterocycles. The van der Waals surface area contributed by atoms with Gasteiger partial charge in [-0.25, -0.2) is 8.42 Å². The number of alkyl halides is 1. The third-order valence-corrected chi connectivity index (χ3v) is 6.82. The molecule has 0 amide bonds. The normalized spacial score (nSPS) is 12.7. The van der Waals surface area contributed by atoms with Crippen molar-refractivity contribution in [3.8, 4) is 0 Å². The van der Waals surface area contributed by atoms with Crippen molar-refractivity contribution in [2.75, 3.05) is 11.5 Å². The van der Waals surface area contributed by atoms with Crippen LogP contribution in [0.2, 0.25) is 0 Å². The number of benzene rings is 1. The van der Waals surface area contributed by atoms with Crippen molar-refractivity contribution in [2.45, 2.75) is 36.3 Å². The molecule has 1 rings (SSSR count). The van der Waals surface area contributed by atoms with E-state index in [0.717, 1.165) is 10.5 Å². The van der Waals surface area contributed by atoms with Crippen LogP contribution in [0.4, 0.5) is 0 Å². The van der Waals surface area contributed by atoms with Crippen LogP contribution >= 0.6 is 23.4 Å². The van der Waals surface area contributed by atoms with Gasteiger partial charge in [-0.2, -0.15) is 0 Å². The number of hydrogen-bond acceptors (Lipinski definition) is 3. The molecule has 5 heteroatoms. The Hall–Kier alpha value is -0.190. The summed E-state index contributed by atoms with van der Waals surface area (Å²) in [5.41, 5.74) is 1.07. The highest BCUT2D eigenvalue weighted by Gasteiger charge is 2.28. The minimum Gasteiger partial charge on any atom is -0.228 e. The quantitative estimate of drug-likeness (QED) is 0.614. The van der Waals surface area contributed by atoms with Crippen LogP contribution in [0.5, 0.6) is 0 Å². The van der Waals surface area contributed by atoms with Gasteiger partial charge < -0.3 is 0 Å². The van der Waals surface area contributed by atoms with Crippen LogP contribution < -0.4 is 0 Å². The zero-order valence-corrected chi connectivity index (χ0v) is 13.3. The first kappa shape index (κ1) is 15.9. The number of sulfone groups is 1. The molecule has 18 heavy (non-hydrogen) atoms. The number of halogens is 1. The van der Waals surface area contributed by atoms with Crippen molar-refractivity contribution in [3.63, 3.8) is 0 Å². The first-order valence-corrected chi connectivity index (χ1v) is 8.93. The van der Waals surface area contributed by atoms with Crippen LogP contribution in [0.3, 0.4) is 0 Å². The summed E-state index contributed by atoms with van der Waals surface area (Å²) in [7, 11) is -3.02. The van der Waals surface area contributed by atoms with Gasteiger partial charge >= 0.3 is 0 Å². The molecule has 2 nitrogen and oxygen atoms in total. The van der Waals surface area contributed by atoms with Crippen molar-refractivity contribution in [1.29, 1.82) is 0 Å². The van der Waals surface area contributed by atoms with Gasteiger partial charge in [0.25, 0.3) is 0 Å². The van der Waals surface area contributed by atoms with Crippen LogP contribution in [-0.2, 0) is 15.7 Å². The van der Waals surface area contributed by atoms with Gasteiger partial charge in [0, 0.05) is 16.5 Å². The Morgan fingerprint density at radius 2 is 1.72 bits per heavy atom. The summed E-state index contributed by atoms with van der Waals surface area (Å²) in [4.78, 5) is 1.08. The van der Waals surface area contributed by atoms with Crippen LogP contribution in [0.25, 0.3) is 0 Å². The second-order valence-electron chi connectivity index (χ2n) is 5.06. The van der Waals surface area contributed by atoms with E-state index >= 15 is 0 Å². The molecule has 0 fully saturated rings. The van der Waals surface area contributed by atoms with E-state index < -0.39 is 14.6 Å². The van der Waals surface area contributed by atoms with Gasteiger partial charge in [-0.1, -0.05) is 12.1 Å². The predicted molar refractivity (Wildman–Crippen MR) is 80.3 cm³/mol. The van der Waals surface area contributed by atoms with E-state index in [1.165, 1.54) is 0 Å². The number of hydrogen-bond donors (Lipinski definition) is 0. The molecular weight excluding hydrogens is 288 g/mol. The highest BCUT2D eigenvalue weighted by atomic mass is 35.5. The number of thioether (sulfide) groups is 1. The average molecular weight is 307 g/mol. The molecule has 0 aliphatic carbocycles. The Morgan fingerprint density at radius 3 is 2.17 bits per heavy atom. The molecular formula is C13H19ClO2S2. The summed E-state index contributed by atoms with van der Waals surface area (Å²) in [6.45, 7) is 5.22. The molecule has 0 spiro atoms. The molecule has 0 saturated heterocycles. The summed E-state index contributed by atoms with van der Waals surface area (Å²) >= 11 is 7.27. The molecule has 102 valence electrons. The molecule has 0 aliphatic rings. The van der Waals surface area contributed by atoms with Crippen LogP contribution in [0.15, 0.2) is 29.2 Å². The highest BCUT2D eigenvalue weighted by Crippen LogP contribution is 2.22. The van der Waals surface area contributed by atoms with E-state index in [2.05, 4.69) is 0 Å². The van der Waals surface area contributed by atoms with E-state index in [-0.39, 0.29) is 5.75 Å². The standard InChI is InChI=1S/C13H19ClO2S2/c1-13(2,3)18(15,16)9-8-17-12-6-4-11(10-14)5-7-12/h4-7H,8-10H2,1-3H3. The second-order valence-corrected chi connectivity index (χ2v) is 9.36. The molecule has 0 aromatic heterocycles. The second kappa shape index (κ2) is 6.31. The van der Waals surface area contributed by atoms with E-state index in [0.29, 0.717) is 11.6 Å². The van der Waals surface area contributed by atoms with E-state index in [9.17, 15) is 8.42 Å². The van der Waals surface area contributed by atoms with E-state index in [1.807, 2.05) is 24.3 Å². The molecule has 0 saturated carbocycles. The summed E-state index contributed by atoms with van der Waals surface area (Å²) in [5, 5.41) is 0. The Bertz CT molecular complexity index is 473. The van der Waals surface area contributed by atoms with Crippen molar-refractivity contribution in [1.82, 2.24) is 0 Å². The van der Waals surface area contributed by atoms with Gasteiger partial charge in [-0.3, -0.25) is 0 Å². The summed E-state index contributed by atoms with van der Waals surface area (Å²) in [5.74, 6) is 1.29. The molecule has 0 radical (unpaired) electrons. The lowest BCUT2D eigenvalue weighted by molar-refractivity contribution is 0.562. The van der Waals surface area contributed by atoms with E-state index in [1.54, 1.807) is 32.5 Å². The SMILES string of the molecule is CC(C)(C)S(=O)(=O)CCSc1ccc(CCl)cc1. The fraction of sp³-hybridized carbons (Fsp3) is 0.538. The minimum absolute atomic E-state index is 0.207. The van der Waals surface area contributed by atoms with Crippen molar-refractivity contribution >= 4 is 33.2 Å². The zero-order valence-electron chi connectivity index (χ0n) is 10.9. The molecule has 0 bridgehead atoms. The molecule has 0 aliphatic heterocycles. The minimum atomic E-state index is -3.02. The van der Waals surface area contributed by atoms with Crippen molar-refractivity contribution in [3.05, 3.63) is 29.8 Å². The largest absolute Gasteiger partial charge is 0.228 e. The topological polar surface area (TPSA) is 34.1 Å². The maximum atomic E-state index is 11.9. The van der Waals surface area contributed by atoms with Crippen LogP contribution in [0, 0.1) is 0 Å². The van der Waals surface area contributed by atoms with Gasteiger partial charge in [-0.05, 0) is 38.5 Å². The maximum Gasteiger partial charge on any atom is 0.156 e. The third kappa shape index (κ3) is 4.48. The average Bonchev–Trinajstić information content (AvgIpc) is 2.28. The monoisotopic (exact) mass is 306 g/mol. The molecule has 0 atom stereocenters. The van der Waals surface area contributed by atoms with Gasteiger partial charge in [0.1, 0.15) is 0 Å². The fourth-order valence-corrected chi connectivity index (χ4v) is 3.82. The van der Waals surface area contributed by atoms with Gasteiger partial charge in [0.2, 0.25) is 0 Å². The fourth-order valence-electron chi connectivity index (χ4n) is 1.25. The van der Waals surface area contributed by atoms with E-state index in [4.69, 9.17) is 11.6 Å². The third-order valence-electron chi connectivity index (χ3n) is 2.63. The number of rotatable bonds is 5. The van der Waals surface area contributed by atoms with Gasteiger partial charge in [-0.15, -0.1) is 23.4 Å². The molecule has 0 N–H and O–H groups in total. The highest BCUT2D eigenvalue weighted by molar-refractivity contribution is 8.01. The molecule has 1 aromatic carbocycles. The molecule has 0 unspecified atom stereocenters. The van der Waals surface area contributed by atoms with Gasteiger partial charge in [0.05, 0.1) is 10.5 Å². The van der Waals surface area contributed by atoms with Crippen molar-refractivity contribution < 1.29 is 8.42 Å².